The zero-order chi connectivity index (χ0) is 18.0. The summed E-state index contributed by atoms with van der Waals surface area (Å²) < 4.78 is 20.6. The van der Waals surface area contributed by atoms with Crippen LogP contribution in [0.25, 0.3) is 5.57 Å². The van der Waals surface area contributed by atoms with E-state index in [9.17, 15) is 9.59 Å². The van der Waals surface area contributed by atoms with Gasteiger partial charge >= 0.3 is 12.1 Å². The van der Waals surface area contributed by atoms with Crippen molar-refractivity contribution in [3.05, 3.63) is 35.0 Å². The second kappa shape index (κ2) is 7.14. The molecule has 0 saturated carbocycles. The van der Waals surface area contributed by atoms with Crippen molar-refractivity contribution >= 4 is 17.6 Å². The fourth-order valence-corrected chi connectivity index (χ4v) is 3.21. The van der Waals surface area contributed by atoms with Crippen molar-refractivity contribution in [2.75, 3.05) is 34.0 Å². The number of benzene rings is 1. The minimum absolute atomic E-state index is 0.152. The summed E-state index contributed by atoms with van der Waals surface area (Å²) in [5.41, 5.74) is 3.27. The summed E-state index contributed by atoms with van der Waals surface area (Å²) in [6, 6.07) is 3.44. The van der Waals surface area contributed by atoms with Crippen molar-refractivity contribution in [3.8, 4) is 5.75 Å². The topological polar surface area (TPSA) is 74.3 Å². The van der Waals surface area contributed by atoms with Gasteiger partial charge in [-0.3, -0.25) is 4.90 Å². The predicted molar refractivity (Wildman–Crippen MR) is 89.3 cm³/mol. The summed E-state index contributed by atoms with van der Waals surface area (Å²) in [7, 11) is 2.91. The van der Waals surface area contributed by atoms with Gasteiger partial charge in [-0.05, 0) is 42.2 Å². The standard InChI is InChI=1S/C18H21NO6/c1-4-24-18(21)19-10-11-7-15(19)13-8-14(17(20)23-3)16(9-12(11)13)25-6-5-22-2/h8-10,15H,4-7H2,1-3H3. The SMILES string of the molecule is CCOC(=O)N1C=C2CC1c1cc(C(=O)OC)c(OCCOC)cc12. The van der Waals surface area contributed by atoms with Crippen molar-refractivity contribution in [2.45, 2.75) is 19.4 Å². The van der Waals surface area contributed by atoms with Crippen LogP contribution in [-0.2, 0) is 14.2 Å². The number of nitrogens with zero attached hydrogens (tertiary/aromatic N) is 1. The Balaban J connectivity index is 1.95. The van der Waals surface area contributed by atoms with Gasteiger partial charge in [-0.1, -0.05) is 0 Å². The maximum absolute atomic E-state index is 12.1. The van der Waals surface area contributed by atoms with Gasteiger partial charge in [0.15, 0.2) is 0 Å². The Morgan fingerprint density at radius 2 is 2.04 bits per heavy atom. The number of hydrogen-bond donors (Lipinski definition) is 0. The summed E-state index contributed by atoms with van der Waals surface area (Å²) >= 11 is 0. The number of hydrogen-bond acceptors (Lipinski definition) is 6. The van der Waals surface area contributed by atoms with Gasteiger partial charge in [0.1, 0.15) is 17.9 Å². The van der Waals surface area contributed by atoms with E-state index < -0.39 is 5.97 Å². The molecule has 0 fully saturated rings. The molecule has 1 aliphatic heterocycles. The zero-order valence-electron chi connectivity index (χ0n) is 14.5. The van der Waals surface area contributed by atoms with Crippen molar-refractivity contribution in [1.29, 1.82) is 0 Å². The molecule has 134 valence electrons. The molecule has 0 N–H and O–H groups in total. The molecule has 2 bridgehead atoms. The number of amides is 1. The van der Waals surface area contributed by atoms with Crippen LogP contribution in [0.5, 0.6) is 5.75 Å². The first-order valence-electron chi connectivity index (χ1n) is 8.14. The minimum atomic E-state index is -0.477. The molecule has 1 aromatic rings. The third-order valence-corrected chi connectivity index (χ3v) is 4.33. The van der Waals surface area contributed by atoms with Crippen molar-refractivity contribution in [2.24, 2.45) is 0 Å². The Morgan fingerprint density at radius 1 is 1.24 bits per heavy atom. The van der Waals surface area contributed by atoms with Crippen LogP contribution >= 0.6 is 0 Å². The van der Waals surface area contributed by atoms with E-state index in [4.69, 9.17) is 18.9 Å². The molecule has 7 nitrogen and oxygen atoms in total. The van der Waals surface area contributed by atoms with Crippen molar-refractivity contribution in [3.63, 3.8) is 0 Å². The van der Waals surface area contributed by atoms with Crippen LogP contribution in [-0.4, -0.2) is 51.0 Å². The molecule has 1 unspecified atom stereocenters. The third kappa shape index (κ3) is 3.07. The first-order valence-corrected chi connectivity index (χ1v) is 8.14. The molecule has 1 heterocycles. The Bertz CT molecular complexity index is 727. The highest BCUT2D eigenvalue weighted by Gasteiger charge is 2.40. The lowest BCUT2D eigenvalue weighted by Crippen LogP contribution is -2.28. The second-order valence-corrected chi connectivity index (χ2v) is 5.75. The summed E-state index contributed by atoms with van der Waals surface area (Å²) in [5.74, 6) is -0.0200. The predicted octanol–water partition coefficient (Wildman–Crippen LogP) is 2.76. The minimum Gasteiger partial charge on any atom is -0.490 e. The summed E-state index contributed by atoms with van der Waals surface area (Å²) in [6.45, 7) is 2.83. The summed E-state index contributed by atoms with van der Waals surface area (Å²) in [6.07, 6.45) is 2.13. The maximum Gasteiger partial charge on any atom is 0.414 e. The van der Waals surface area contributed by atoms with Crippen LogP contribution in [0, 0.1) is 0 Å². The molecule has 0 spiro atoms. The van der Waals surface area contributed by atoms with Gasteiger partial charge in [-0.25, -0.2) is 9.59 Å². The molecular formula is C18H21NO6. The van der Waals surface area contributed by atoms with Crippen molar-refractivity contribution < 1.29 is 28.5 Å². The van der Waals surface area contributed by atoms with Crippen LogP contribution in [0.15, 0.2) is 18.3 Å². The summed E-state index contributed by atoms with van der Waals surface area (Å²) in [5, 5.41) is 0. The van der Waals surface area contributed by atoms with E-state index in [1.165, 1.54) is 7.11 Å². The second-order valence-electron chi connectivity index (χ2n) is 5.75. The maximum atomic E-state index is 12.1. The molecule has 1 amide bonds. The monoisotopic (exact) mass is 347 g/mol. The number of fused-ring (bicyclic) bond motifs is 5. The van der Waals surface area contributed by atoms with E-state index in [0.29, 0.717) is 37.6 Å². The molecule has 1 aromatic carbocycles. The van der Waals surface area contributed by atoms with Gasteiger partial charge in [0.25, 0.3) is 0 Å². The highest BCUT2D eigenvalue weighted by Crippen LogP contribution is 2.50. The first kappa shape index (κ1) is 17.3. The molecule has 2 aliphatic rings. The molecule has 0 saturated heterocycles. The van der Waals surface area contributed by atoms with E-state index in [1.54, 1.807) is 25.0 Å². The highest BCUT2D eigenvalue weighted by molar-refractivity contribution is 5.95. The fraction of sp³-hybridized carbons (Fsp3) is 0.444. The fourth-order valence-electron chi connectivity index (χ4n) is 3.21. The van der Waals surface area contributed by atoms with Crippen LogP contribution in [0.3, 0.4) is 0 Å². The van der Waals surface area contributed by atoms with Gasteiger partial charge in [0.2, 0.25) is 0 Å². The molecule has 25 heavy (non-hydrogen) atoms. The van der Waals surface area contributed by atoms with Gasteiger partial charge in [0, 0.05) is 13.3 Å². The smallest absolute Gasteiger partial charge is 0.414 e. The van der Waals surface area contributed by atoms with Gasteiger partial charge < -0.3 is 18.9 Å². The van der Waals surface area contributed by atoms with Gasteiger partial charge in [-0.15, -0.1) is 0 Å². The summed E-state index contributed by atoms with van der Waals surface area (Å²) in [4.78, 5) is 25.8. The molecule has 0 aromatic heterocycles. The third-order valence-electron chi connectivity index (χ3n) is 4.33. The molecule has 1 aliphatic carbocycles. The number of ether oxygens (including phenoxy) is 4. The Hall–Kier alpha value is -2.54. The first-order chi connectivity index (χ1) is 12.1. The molecule has 7 heteroatoms. The average molecular weight is 347 g/mol. The number of carbonyl (C=O) groups excluding carboxylic acids is 2. The van der Waals surface area contributed by atoms with Crippen LogP contribution < -0.4 is 4.74 Å². The van der Waals surface area contributed by atoms with E-state index >= 15 is 0 Å². The molecule has 3 rings (SSSR count). The Kier molecular flexibility index (Phi) is 4.94. The van der Waals surface area contributed by atoms with E-state index in [1.807, 2.05) is 12.3 Å². The van der Waals surface area contributed by atoms with Gasteiger partial charge in [0.05, 0.1) is 26.4 Å². The van der Waals surface area contributed by atoms with Gasteiger partial charge in [-0.2, -0.15) is 0 Å². The number of methoxy groups -OCH3 is 2. The quantitative estimate of drug-likeness (QED) is 0.582. The number of carbonyl (C=O) groups is 2. The highest BCUT2D eigenvalue weighted by atomic mass is 16.6. The Morgan fingerprint density at radius 3 is 2.72 bits per heavy atom. The van der Waals surface area contributed by atoms with E-state index in [0.717, 1.165) is 16.7 Å². The zero-order valence-corrected chi connectivity index (χ0v) is 14.5. The normalized spacial score (nSPS) is 17.2. The largest absolute Gasteiger partial charge is 0.490 e. The van der Waals surface area contributed by atoms with Crippen LogP contribution in [0.2, 0.25) is 0 Å². The van der Waals surface area contributed by atoms with Crippen molar-refractivity contribution in [1.82, 2.24) is 4.90 Å². The van der Waals surface area contributed by atoms with Crippen LogP contribution in [0.1, 0.15) is 40.9 Å². The molecular weight excluding hydrogens is 326 g/mol. The number of rotatable bonds is 6. The Labute approximate surface area is 146 Å². The van der Waals surface area contributed by atoms with E-state index in [2.05, 4.69) is 0 Å². The lowest BCUT2D eigenvalue weighted by molar-refractivity contribution is 0.0593. The van der Waals surface area contributed by atoms with E-state index in [-0.39, 0.29) is 12.1 Å². The average Bonchev–Trinajstić information content (AvgIpc) is 3.20. The lowest BCUT2D eigenvalue weighted by Gasteiger charge is -2.25. The molecule has 0 radical (unpaired) electrons. The van der Waals surface area contributed by atoms with Crippen LogP contribution in [0.4, 0.5) is 4.79 Å². The molecule has 1 atom stereocenters. The number of esters is 1. The lowest BCUT2D eigenvalue weighted by atomic mass is 10.00.